The van der Waals surface area contributed by atoms with Crippen molar-refractivity contribution in [1.29, 1.82) is 0 Å². The van der Waals surface area contributed by atoms with Crippen molar-refractivity contribution in [2.75, 3.05) is 14.2 Å². The van der Waals surface area contributed by atoms with Crippen molar-refractivity contribution in [2.45, 2.75) is 31.7 Å². The molecule has 0 heterocycles. The molecule has 0 fully saturated rings. The fourth-order valence-corrected chi connectivity index (χ4v) is 3.47. The van der Waals surface area contributed by atoms with Gasteiger partial charge in [-0.2, -0.15) is 0 Å². The Kier molecular flexibility index (Phi) is 4.47. The van der Waals surface area contributed by atoms with Crippen molar-refractivity contribution in [3.63, 3.8) is 0 Å². The van der Waals surface area contributed by atoms with Crippen molar-refractivity contribution in [1.82, 2.24) is 5.32 Å². The maximum atomic E-state index is 12.8. The Morgan fingerprint density at radius 3 is 2.58 bits per heavy atom. The summed E-state index contributed by atoms with van der Waals surface area (Å²) in [6, 6.07) is 13.6. The second-order valence-electron chi connectivity index (χ2n) is 6.37. The second kappa shape index (κ2) is 6.56. The maximum absolute atomic E-state index is 12.8. The van der Waals surface area contributed by atoms with E-state index in [4.69, 9.17) is 9.47 Å². The number of amides is 1. The molecule has 1 amide bonds. The molecule has 24 heavy (non-hydrogen) atoms. The van der Waals surface area contributed by atoms with E-state index in [1.54, 1.807) is 32.4 Å². The van der Waals surface area contributed by atoms with Gasteiger partial charge in [0.1, 0.15) is 0 Å². The van der Waals surface area contributed by atoms with Gasteiger partial charge in [0, 0.05) is 5.56 Å². The fraction of sp³-hybridized carbons (Fsp3) is 0.350. The molecule has 4 heteroatoms. The van der Waals surface area contributed by atoms with Gasteiger partial charge in [-0.3, -0.25) is 4.79 Å². The second-order valence-corrected chi connectivity index (χ2v) is 6.37. The average Bonchev–Trinajstić information content (AvgIpc) is 2.61. The SMILES string of the molecule is COc1ccc(C(=O)N[C@@]2(C)CCCc3ccccc32)cc1OC. The quantitative estimate of drug-likeness (QED) is 0.933. The molecule has 1 aliphatic rings. The van der Waals surface area contributed by atoms with E-state index in [1.165, 1.54) is 11.1 Å². The summed E-state index contributed by atoms with van der Waals surface area (Å²) < 4.78 is 10.5. The number of fused-ring (bicyclic) bond motifs is 1. The predicted molar refractivity (Wildman–Crippen MR) is 93.7 cm³/mol. The number of ether oxygens (including phenoxy) is 2. The first-order valence-corrected chi connectivity index (χ1v) is 8.20. The molecule has 4 nitrogen and oxygen atoms in total. The lowest BCUT2D eigenvalue weighted by Gasteiger charge is -2.37. The summed E-state index contributed by atoms with van der Waals surface area (Å²) >= 11 is 0. The first-order chi connectivity index (χ1) is 11.6. The Morgan fingerprint density at radius 1 is 1.08 bits per heavy atom. The summed E-state index contributed by atoms with van der Waals surface area (Å²) in [5.74, 6) is 1.07. The number of hydrogen-bond acceptors (Lipinski definition) is 3. The van der Waals surface area contributed by atoms with Gasteiger partial charge in [0.15, 0.2) is 11.5 Å². The Bertz CT molecular complexity index is 756. The minimum absolute atomic E-state index is 0.102. The summed E-state index contributed by atoms with van der Waals surface area (Å²) in [5.41, 5.74) is 2.75. The standard InChI is InChI=1S/C20H23NO3/c1-20(12-6-8-14-7-4-5-9-16(14)20)21-19(22)15-10-11-17(23-2)18(13-15)24-3/h4-5,7,9-11,13H,6,8,12H2,1-3H3,(H,21,22)/t20-/m0/s1. The number of benzene rings is 2. The van der Waals surface area contributed by atoms with Gasteiger partial charge in [-0.15, -0.1) is 0 Å². The minimum atomic E-state index is -0.348. The number of carbonyl (C=O) groups excluding carboxylic acids is 1. The van der Waals surface area contributed by atoms with Crippen molar-refractivity contribution in [3.8, 4) is 11.5 Å². The molecule has 2 aromatic rings. The van der Waals surface area contributed by atoms with E-state index in [1.807, 2.05) is 6.07 Å². The molecule has 3 rings (SSSR count). The molecule has 0 saturated carbocycles. The molecule has 126 valence electrons. The van der Waals surface area contributed by atoms with Crippen LogP contribution in [-0.2, 0) is 12.0 Å². The molecule has 1 N–H and O–H groups in total. The monoisotopic (exact) mass is 325 g/mol. The first kappa shape index (κ1) is 16.4. The van der Waals surface area contributed by atoms with Crippen LogP contribution >= 0.6 is 0 Å². The molecule has 1 atom stereocenters. The van der Waals surface area contributed by atoms with Gasteiger partial charge in [0.2, 0.25) is 0 Å². The molecular weight excluding hydrogens is 302 g/mol. The van der Waals surface area contributed by atoms with Gasteiger partial charge in [-0.1, -0.05) is 24.3 Å². The molecule has 2 aromatic carbocycles. The Hall–Kier alpha value is -2.49. The lowest BCUT2D eigenvalue weighted by molar-refractivity contribution is 0.0894. The third kappa shape index (κ3) is 2.96. The third-order valence-corrected chi connectivity index (χ3v) is 4.77. The van der Waals surface area contributed by atoms with Crippen LogP contribution in [0.15, 0.2) is 42.5 Å². The Balaban J connectivity index is 1.88. The first-order valence-electron chi connectivity index (χ1n) is 8.20. The lowest BCUT2D eigenvalue weighted by atomic mass is 9.77. The zero-order valence-electron chi connectivity index (χ0n) is 14.4. The number of methoxy groups -OCH3 is 2. The zero-order valence-corrected chi connectivity index (χ0v) is 14.4. The number of nitrogens with one attached hydrogen (secondary N) is 1. The van der Waals surface area contributed by atoms with Gasteiger partial charge < -0.3 is 14.8 Å². The highest BCUT2D eigenvalue weighted by Gasteiger charge is 2.33. The highest BCUT2D eigenvalue weighted by atomic mass is 16.5. The Labute approximate surface area is 142 Å². The molecule has 0 aromatic heterocycles. The predicted octanol–water partition coefficient (Wildman–Crippen LogP) is 3.69. The molecule has 0 unspecified atom stereocenters. The third-order valence-electron chi connectivity index (χ3n) is 4.77. The normalized spacial score (nSPS) is 19.3. The van der Waals surface area contributed by atoms with Crippen LogP contribution in [0.5, 0.6) is 11.5 Å². The van der Waals surface area contributed by atoms with Crippen LogP contribution in [0.3, 0.4) is 0 Å². The Morgan fingerprint density at radius 2 is 1.83 bits per heavy atom. The van der Waals surface area contributed by atoms with E-state index in [9.17, 15) is 4.79 Å². The molecule has 0 radical (unpaired) electrons. The van der Waals surface area contributed by atoms with Crippen LogP contribution in [0.4, 0.5) is 0 Å². The van der Waals surface area contributed by atoms with Gasteiger partial charge in [0.25, 0.3) is 5.91 Å². The van der Waals surface area contributed by atoms with Gasteiger partial charge in [0.05, 0.1) is 19.8 Å². The molecule has 0 bridgehead atoms. The fourth-order valence-electron chi connectivity index (χ4n) is 3.47. The van der Waals surface area contributed by atoms with Crippen LogP contribution in [0.25, 0.3) is 0 Å². The summed E-state index contributed by atoms with van der Waals surface area (Å²) in [5, 5.41) is 3.22. The van der Waals surface area contributed by atoms with Gasteiger partial charge in [-0.05, 0) is 55.5 Å². The summed E-state index contributed by atoms with van der Waals surface area (Å²) in [6.07, 6.45) is 3.07. The number of aryl methyl sites for hydroxylation is 1. The molecule has 0 saturated heterocycles. The van der Waals surface area contributed by atoms with Crippen molar-refractivity contribution in [2.24, 2.45) is 0 Å². The largest absolute Gasteiger partial charge is 0.493 e. The van der Waals surface area contributed by atoms with Crippen molar-refractivity contribution in [3.05, 3.63) is 59.2 Å². The smallest absolute Gasteiger partial charge is 0.252 e. The van der Waals surface area contributed by atoms with Gasteiger partial charge in [-0.25, -0.2) is 0 Å². The summed E-state index contributed by atoms with van der Waals surface area (Å²) in [4.78, 5) is 12.8. The topological polar surface area (TPSA) is 47.6 Å². The van der Waals surface area contributed by atoms with Crippen LogP contribution in [0.2, 0.25) is 0 Å². The molecule has 0 aliphatic heterocycles. The maximum Gasteiger partial charge on any atom is 0.252 e. The summed E-state index contributed by atoms with van der Waals surface area (Å²) in [7, 11) is 3.15. The summed E-state index contributed by atoms with van der Waals surface area (Å²) in [6.45, 7) is 2.10. The van der Waals surface area contributed by atoms with E-state index >= 15 is 0 Å². The lowest BCUT2D eigenvalue weighted by Crippen LogP contribution is -2.45. The van der Waals surface area contributed by atoms with E-state index in [0.717, 1.165) is 19.3 Å². The van der Waals surface area contributed by atoms with Crippen LogP contribution in [0.1, 0.15) is 41.3 Å². The highest BCUT2D eigenvalue weighted by molar-refractivity contribution is 5.95. The van der Waals surface area contributed by atoms with Crippen molar-refractivity contribution >= 4 is 5.91 Å². The van der Waals surface area contributed by atoms with Crippen molar-refractivity contribution < 1.29 is 14.3 Å². The van der Waals surface area contributed by atoms with Crippen LogP contribution < -0.4 is 14.8 Å². The molecular formula is C20H23NO3. The van der Waals surface area contributed by atoms with Crippen LogP contribution in [0, 0.1) is 0 Å². The average molecular weight is 325 g/mol. The molecule has 1 aliphatic carbocycles. The van der Waals surface area contributed by atoms with Crippen LogP contribution in [-0.4, -0.2) is 20.1 Å². The zero-order chi connectivity index (χ0) is 17.2. The number of hydrogen-bond donors (Lipinski definition) is 1. The number of carbonyl (C=O) groups is 1. The van der Waals surface area contributed by atoms with Gasteiger partial charge >= 0.3 is 0 Å². The highest BCUT2D eigenvalue weighted by Crippen LogP contribution is 2.35. The number of rotatable bonds is 4. The van der Waals surface area contributed by atoms with E-state index < -0.39 is 0 Å². The van der Waals surface area contributed by atoms with E-state index in [0.29, 0.717) is 17.1 Å². The van der Waals surface area contributed by atoms with E-state index in [2.05, 4.69) is 30.4 Å². The minimum Gasteiger partial charge on any atom is -0.493 e. The molecule has 0 spiro atoms. The van der Waals surface area contributed by atoms with E-state index in [-0.39, 0.29) is 11.4 Å².